The summed E-state index contributed by atoms with van der Waals surface area (Å²) in [6, 6.07) is 4.53. The first-order chi connectivity index (χ1) is 11.3. The Hall–Kier alpha value is -1.66. The number of nitrogens with zero attached hydrogens (tertiary/aromatic N) is 4. The Morgan fingerprint density at radius 1 is 1.39 bits per heavy atom. The van der Waals surface area contributed by atoms with Crippen molar-refractivity contribution in [3.63, 3.8) is 0 Å². The van der Waals surface area contributed by atoms with Crippen molar-refractivity contribution in [3.05, 3.63) is 36.4 Å². The summed E-state index contributed by atoms with van der Waals surface area (Å²) < 4.78 is 10.0. The minimum atomic E-state index is 0.170. The number of nitrogens with one attached hydrogen (secondary N) is 1. The Balaban J connectivity index is 1.49. The molecule has 0 saturated carbocycles. The van der Waals surface area contributed by atoms with Gasteiger partial charge in [-0.05, 0) is 38.8 Å². The maximum atomic E-state index is 5.99. The van der Waals surface area contributed by atoms with E-state index in [0.717, 1.165) is 39.1 Å². The molecule has 6 nitrogen and oxygen atoms in total. The van der Waals surface area contributed by atoms with E-state index in [1.54, 1.807) is 0 Å². The smallest absolute Gasteiger partial charge is 0.103 e. The van der Waals surface area contributed by atoms with Crippen molar-refractivity contribution in [3.8, 4) is 0 Å². The lowest BCUT2D eigenvalue weighted by atomic mass is 9.98. The molecule has 2 aromatic heterocycles. The summed E-state index contributed by atoms with van der Waals surface area (Å²) in [5, 5.41) is 12.3. The van der Waals surface area contributed by atoms with Gasteiger partial charge in [-0.15, -0.1) is 0 Å². The number of aryl methyl sites for hydroxylation is 2. The molecule has 23 heavy (non-hydrogen) atoms. The summed E-state index contributed by atoms with van der Waals surface area (Å²) in [6.45, 7) is 8.03. The van der Waals surface area contributed by atoms with E-state index in [-0.39, 0.29) is 6.10 Å². The van der Waals surface area contributed by atoms with Gasteiger partial charge in [-0.25, -0.2) is 0 Å². The van der Waals surface area contributed by atoms with Gasteiger partial charge in [0, 0.05) is 56.8 Å². The number of rotatable bonds is 8. The molecule has 0 spiro atoms. The SMILES string of the molecule is CCn1nccc1[C@@H]1OCC[C@H]1CN[C@H](C)CCn1cccn1. The van der Waals surface area contributed by atoms with Crippen molar-refractivity contribution in [1.29, 1.82) is 0 Å². The van der Waals surface area contributed by atoms with E-state index in [4.69, 9.17) is 4.74 Å². The largest absolute Gasteiger partial charge is 0.372 e. The van der Waals surface area contributed by atoms with Crippen LogP contribution in [-0.4, -0.2) is 38.8 Å². The van der Waals surface area contributed by atoms with Crippen LogP contribution in [0.5, 0.6) is 0 Å². The zero-order valence-electron chi connectivity index (χ0n) is 14.1. The molecule has 0 amide bonds. The first kappa shape index (κ1) is 16.2. The molecule has 6 heteroatoms. The van der Waals surface area contributed by atoms with E-state index in [1.807, 2.05) is 34.0 Å². The van der Waals surface area contributed by atoms with Crippen LogP contribution in [0.4, 0.5) is 0 Å². The first-order valence-electron chi connectivity index (χ1n) is 8.62. The van der Waals surface area contributed by atoms with Gasteiger partial charge >= 0.3 is 0 Å². The lowest BCUT2D eigenvalue weighted by molar-refractivity contribution is 0.0824. The number of ether oxygens (including phenoxy) is 1. The van der Waals surface area contributed by atoms with Crippen molar-refractivity contribution in [2.24, 2.45) is 5.92 Å². The predicted molar refractivity (Wildman–Crippen MR) is 89.0 cm³/mol. The topological polar surface area (TPSA) is 56.9 Å². The van der Waals surface area contributed by atoms with Gasteiger partial charge in [0.2, 0.25) is 0 Å². The summed E-state index contributed by atoms with van der Waals surface area (Å²) in [4.78, 5) is 0. The third-order valence-electron chi connectivity index (χ3n) is 4.63. The van der Waals surface area contributed by atoms with Gasteiger partial charge in [-0.2, -0.15) is 10.2 Å². The molecule has 0 bridgehead atoms. The highest BCUT2D eigenvalue weighted by atomic mass is 16.5. The lowest BCUT2D eigenvalue weighted by Gasteiger charge is -2.22. The zero-order valence-corrected chi connectivity index (χ0v) is 14.1. The van der Waals surface area contributed by atoms with Crippen molar-refractivity contribution >= 4 is 0 Å². The van der Waals surface area contributed by atoms with Gasteiger partial charge in [0.05, 0.1) is 5.69 Å². The quantitative estimate of drug-likeness (QED) is 0.811. The summed E-state index contributed by atoms with van der Waals surface area (Å²) in [6.07, 6.45) is 8.07. The van der Waals surface area contributed by atoms with Crippen molar-refractivity contribution in [2.75, 3.05) is 13.2 Å². The molecule has 1 aliphatic rings. The Bertz CT molecular complexity index is 580. The van der Waals surface area contributed by atoms with E-state index < -0.39 is 0 Å². The van der Waals surface area contributed by atoms with Crippen LogP contribution >= 0.6 is 0 Å². The molecule has 0 unspecified atom stereocenters. The van der Waals surface area contributed by atoms with Gasteiger partial charge in [0.25, 0.3) is 0 Å². The summed E-state index contributed by atoms with van der Waals surface area (Å²) in [5.41, 5.74) is 1.21. The van der Waals surface area contributed by atoms with E-state index in [9.17, 15) is 0 Å². The van der Waals surface area contributed by atoms with Crippen LogP contribution in [0, 0.1) is 5.92 Å². The Morgan fingerprint density at radius 2 is 2.30 bits per heavy atom. The monoisotopic (exact) mass is 317 g/mol. The van der Waals surface area contributed by atoms with Gasteiger partial charge < -0.3 is 10.1 Å². The van der Waals surface area contributed by atoms with E-state index in [0.29, 0.717) is 12.0 Å². The summed E-state index contributed by atoms with van der Waals surface area (Å²) in [5.74, 6) is 0.518. The predicted octanol–water partition coefficient (Wildman–Crippen LogP) is 2.25. The van der Waals surface area contributed by atoms with Gasteiger partial charge in [-0.3, -0.25) is 9.36 Å². The number of hydrogen-bond donors (Lipinski definition) is 1. The Labute approximate surface area is 137 Å². The molecule has 1 aliphatic heterocycles. The van der Waals surface area contributed by atoms with Crippen LogP contribution in [-0.2, 0) is 17.8 Å². The third-order valence-corrected chi connectivity index (χ3v) is 4.63. The molecule has 0 aromatic carbocycles. The molecule has 3 rings (SSSR count). The van der Waals surface area contributed by atoms with Gasteiger partial charge in [-0.1, -0.05) is 0 Å². The second-order valence-electron chi connectivity index (χ2n) is 6.28. The van der Waals surface area contributed by atoms with Crippen LogP contribution in [0.2, 0.25) is 0 Å². The molecule has 2 aromatic rings. The summed E-state index contributed by atoms with van der Waals surface area (Å²) >= 11 is 0. The highest BCUT2D eigenvalue weighted by Crippen LogP contribution is 2.34. The third kappa shape index (κ3) is 4.00. The zero-order chi connectivity index (χ0) is 16.1. The fraction of sp³-hybridized carbons (Fsp3) is 0.647. The van der Waals surface area contributed by atoms with E-state index >= 15 is 0 Å². The molecular formula is C17H27N5O. The standard InChI is InChI=1S/C17H27N5O/c1-3-22-16(5-9-20-22)17-15(7-12-23-17)13-18-14(2)6-11-21-10-4-8-19-21/h4-5,8-10,14-15,17-18H,3,6-7,11-13H2,1-2H3/t14-,15+,17-/m1/s1. The lowest BCUT2D eigenvalue weighted by Crippen LogP contribution is -2.33. The van der Waals surface area contributed by atoms with Crippen molar-refractivity contribution < 1.29 is 4.74 Å². The van der Waals surface area contributed by atoms with Crippen LogP contribution in [0.1, 0.15) is 38.5 Å². The first-order valence-corrected chi connectivity index (χ1v) is 8.62. The van der Waals surface area contributed by atoms with E-state index in [1.165, 1.54) is 5.69 Å². The van der Waals surface area contributed by atoms with E-state index in [2.05, 4.69) is 35.4 Å². The molecule has 0 radical (unpaired) electrons. The minimum Gasteiger partial charge on any atom is -0.372 e. The van der Waals surface area contributed by atoms with Crippen molar-refractivity contribution in [1.82, 2.24) is 24.9 Å². The summed E-state index contributed by atoms with van der Waals surface area (Å²) in [7, 11) is 0. The Kier molecular flexibility index (Phi) is 5.46. The second-order valence-corrected chi connectivity index (χ2v) is 6.28. The molecule has 1 saturated heterocycles. The maximum Gasteiger partial charge on any atom is 0.103 e. The van der Waals surface area contributed by atoms with Gasteiger partial charge in [0.1, 0.15) is 6.10 Å². The van der Waals surface area contributed by atoms with Crippen LogP contribution in [0.25, 0.3) is 0 Å². The van der Waals surface area contributed by atoms with Gasteiger partial charge in [0.15, 0.2) is 0 Å². The number of hydrogen-bond acceptors (Lipinski definition) is 4. The Morgan fingerprint density at radius 3 is 3.09 bits per heavy atom. The number of aromatic nitrogens is 4. The molecule has 3 atom stereocenters. The van der Waals surface area contributed by atoms with Crippen LogP contribution < -0.4 is 5.32 Å². The fourth-order valence-electron chi connectivity index (χ4n) is 3.23. The van der Waals surface area contributed by atoms with Crippen LogP contribution in [0.3, 0.4) is 0 Å². The second kappa shape index (κ2) is 7.75. The maximum absolute atomic E-state index is 5.99. The average molecular weight is 317 g/mol. The highest BCUT2D eigenvalue weighted by molar-refractivity contribution is 5.08. The van der Waals surface area contributed by atoms with Crippen molar-refractivity contribution in [2.45, 2.75) is 51.9 Å². The highest BCUT2D eigenvalue weighted by Gasteiger charge is 2.31. The molecule has 1 N–H and O–H groups in total. The molecule has 126 valence electrons. The normalized spacial score (nSPS) is 22.5. The molecular weight excluding hydrogens is 290 g/mol. The minimum absolute atomic E-state index is 0.170. The molecule has 1 fully saturated rings. The fourth-order valence-corrected chi connectivity index (χ4v) is 3.23. The molecule has 0 aliphatic carbocycles. The van der Waals surface area contributed by atoms with Crippen LogP contribution in [0.15, 0.2) is 30.7 Å². The average Bonchev–Trinajstić information content (AvgIpc) is 3.31. The molecule has 3 heterocycles.